The van der Waals surface area contributed by atoms with Crippen LogP contribution < -0.4 is 0 Å². The molecule has 1 aromatic carbocycles. The molecule has 1 atom stereocenters. The summed E-state index contributed by atoms with van der Waals surface area (Å²) in [7, 11) is 1.68. The smallest absolute Gasteiger partial charge is 0.241 e. The molecule has 1 heterocycles. The van der Waals surface area contributed by atoms with Gasteiger partial charge >= 0.3 is 0 Å². The Morgan fingerprint density at radius 3 is 2.56 bits per heavy atom. The minimum atomic E-state index is -1.32. The van der Waals surface area contributed by atoms with E-state index in [0.29, 0.717) is 5.56 Å². The normalized spacial score (nSPS) is 23.5. The second-order valence-electron chi connectivity index (χ2n) is 8.05. The standard InChI is InChI=1S/C21H27FN2O3/c1-14(2)23(3)18(25)12-21(15-7-6-8-16(22)11-15)13-19(26)24(20(21)27)17-9-4-5-10-17/h6-8,11,14,17H,4-5,9-10,12-13H2,1-3H3. The predicted octanol–water partition coefficient (Wildman–Crippen LogP) is 3.02. The van der Waals surface area contributed by atoms with Crippen LogP contribution in [0.15, 0.2) is 24.3 Å². The summed E-state index contributed by atoms with van der Waals surface area (Å²) in [6.07, 6.45) is 3.38. The van der Waals surface area contributed by atoms with Crippen LogP contribution >= 0.6 is 0 Å². The summed E-state index contributed by atoms with van der Waals surface area (Å²) in [6.45, 7) is 3.78. The van der Waals surface area contributed by atoms with Crippen molar-refractivity contribution in [2.24, 2.45) is 0 Å². The highest BCUT2D eigenvalue weighted by Crippen LogP contribution is 2.43. The number of hydrogen-bond acceptors (Lipinski definition) is 3. The second kappa shape index (κ2) is 7.41. The van der Waals surface area contributed by atoms with E-state index < -0.39 is 11.2 Å². The lowest BCUT2D eigenvalue weighted by molar-refractivity contribution is -0.144. The molecule has 1 saturated carbocycles. The molecular formula is C21H27FN2O3. The maximum Gasteiger partial charge on any atom is 0.241 e. The van der Waals surface area contributed by atoms with E-state index in [4.69, 9.17) is 0 Å². The number of hydrogen-bond donors (Lipinski definition) is 0. The lowest BCUT2D eigenvalue weighted by Crippen LogP contribution is -2.46. The third-order valence-electron chi connectivity index (χ3n) is 6.04. The maximum absolute atomic E-state index is 13.9. The highest BCUT2D eigenvalue weighted by atomic mass is 19.1. The molecule has 1 unspecified atom stereocenters. The number of carbonyl (C=O) groups excluding carboxylic acids is 3. The quantitative estimate of drug-likeness (QED) is 0.745. The highest BCUT2D eigenvalue weighted by Gasteiger charge is 2.55. The number of amides is 3. The Hall–Kier alpha value is -2.24. The molecule has 3 rings (SSSR count). The highest BCUT2D eigenvalue weighted by molar-refractivity contribution is 6.11. The van der Waals surface area contributed by atoms with Gasteiger partial charge in [-0.25, -0.2) is 4.39 Å². The van der Waals surface area contributed by atoms with Gasteiger partial charge in [0.25, 0.3) is 0 Å². The topological polar surface area (TPSA) is 57.7 Å². The number of carbonyl (C=O) groups is 3. The molecule has 1 aliphatic carbocycles. The summed E-state index contributed by atoms with van der Waals surface area (Å²) in [4.78, 5) is 42.1. The van der Waals surface area contributed by atoms with E-state index in [9.17, 15) is 18.8 Å². The molecule has 6 heteroatoms. The van der Waals surface area contributed by atoms with Crippen molar-refractivity contribution in [2.75, 3.05) is 7.05 Å². The zero-order chi connectivity index (χ0) is 19.8. The minimum absolute atomic E-state index is 0.0276. The summed E-state index contributed by atoms with van der Waals surface area (Å²) < 4.78 is 13.9. The Morgan fingerprint density at radius 2 is 1.96 bits per heavy atom. The van der Waals surface area contributed by atoms with Crippen molar-refractivity contribution >= 4 is 17.7 Å². The molecule has 5 nitrogen and oxygen atoms in total. The van der Waals surface area contributed by atoms with E-state index in [1.54, 1.807) is 18.0 Å². The third-order valence-corrected chi connectivity index (χ3v) is 6.04. The molecule has 2 aliphatic rings. The molecule has 146 valence electrons. The van der Waals surface area contributed by atoms with Crippen molar-refractivity contribution in [3.05, 3.63) is 35.6 Å². The fourth-order valence-electron chi connectivity index (χ4n) is 4.22. The van der Waals surface area contributed by atoms with Gasteiger partial charge < -0.3 is 4.90 Å². The van der Waals surface area contributed by atoms with Crippen LogP contribution in [0.3, 0.4) is 0 Å². The number of halogens is 1. The number of imide groups is 1. The summed E-state index contributed by atoms with van der Waals surface area (Å²) in [5, 5.41) is 0. The van der Waals surface area contributed by atoms with Crippen molar-refractivity contribution in [3.63, 3.8) is 0 Å². The second-order valence-corrected chi connectivity index (χ2v) is 8.05. The molecule has 1 aromatic rings. The van der Waals surface area contributed by atoms with Gasteiger partial charge in [-0.3, -0.25) is 19.3 Å². The molecule has 1 saturated heterocycles. The molecule has 0 aromatic heterocycles. The van der Waals surface area contributed by atoms with Crippen LogP contribution in [0.5, 0.6) is 0 Å². The van der Waals surface area contributed by atoms with Crippen LogP contribution in [0.1, 0.15) is 57.9 Å². The van der Waals surface area contributed by atoms with Gasteiger partial charge in [0.05, 0.1) is 5.41 Å². The first kappa shape index (κ1) is 19.5. The Balaban J connectivity index is 2.02. The molecule has 0 N–H and O–H groups in total. The lowest BCUT2D eigenvalue weighted by atomic mass is 9.75. The Bertz CT molecular complexity index is 758. The largest absolute Gasteiger partial charge is 0.343 e. The predicted molar refractivity (Wildman–Crippen MR) is 99.3 cm³/mol. The summed E-state index contributed by atoms with van der Waals surface area (Å²) in [5.41, 5.74) is -0.908. The Labute approximate surface area is 159 Å². The van der Waals surface area contributed by atoms with Crippen LogP contribution in [-0.2, 0) is 19.8 Å². The van der Waals surface area contributed by atoms with Gasteiger partial charge in [-0.15, -0.1) is 0 Å². The van der Waals surface area contributed by atoms with Gasteiger partial charge in [-0.05, 0) is 44.4 Å². The van der Waals surface area contributed by atoms with E-state index in [1.165, 1.54) is 23.1 Å². The summed E-state index contributed by atoms with van der Waals surface area (Å²) in [6, 6.07) is 5.63. The van der Waals surface area contributed by atoms with Crippen molar-refractivity contribution in [1.29, 1.82) is 0 Å². The first-order valence-corrected chi connectivity index (χ1v) is 9.64. The van der Waals surface area contributed by atoms with E-state index in [-0.39, 0.29) is 42.6 Å². The molecular weight excluding hydrogens is 347 g/mol. The van der Waals surface area contributed by atoms with Gasteiger partial charge in [-0.2, -0.15) is 0 Å². The van der Waals surface area contributed by atoms with Gasteiger partial charge in [0.15, 0.2) is 0 Å². The zero-order valence-corrected chi connectivity index (χ0v) is 16.2. The van der Waals surface area contributed by atoms with Gasteiger partial charge in [-0.1, -0.05) is 25.0 Å². The SMILES string of the molecule is CC(C)N(C)C(=O)CC1(c2cccc(F)c2)CC(=O)N(C2CCCC2)C1=O. The van der Waals surface area contributed by atoms with Crippen molar-refractivity contribution in [1.82, 2.24) is 9.80 Å². The fourth-order valence-corrected chi connectivity index (χ4v) is 4.22. The van der Waals surface area contributed by atoms with E-state index in [0.717, 1.165) is 25.7 Å². The van der Waals surface area contributed by atoms with Crippen molar-refractivity contribution in [3.8, 4) is 0 Å². The van der Waals surface area contributed by atoms with Crippen LogP contribution in [0.25, 0.3) is 0 Å². The fraction of sp³-hybridized carbons (Fsp3) is 0.571. The van der Waals surface area contributed by atoms with Gasteiger partial charge in [0.2, 0.25) is 17.7 Å². The molecule has 0 bridgehead atoms. The molecule has 27 heavy (non-hydrogen) atoms. The van der Waals surface area contributed by atoms with E-state index >= 15 is 0 Å². The zero-order valence-electron chi connectivity index (χ0n) is 16.2. The Morgan fingerprint density at radius 1 is 1.30 bits per heavy atom. The first-order chi connectivity index (χ1) is 12.8. The first-order valence-electron chi connectivity index (χ1n) is 9.64. The van der Waals surface area contributed by atoms with Crippen molar-refractivity contribution < 1.29 is 18.8 Å². The van der Waals surface area contributed by atoms with E-state index in [1.807, 2.05) is 13.8 Å². The Kier molecular flexibility index (Phi) is 5.36. The average molecular weight is 374 g/mol. The van der Waals surface area contributed by atoms with Crippen LogP contribution in [0.4, 0.5) is 4.39 Å². The van der Waals surface area contributed by atoms with E-state index in [2.05, 4.69) is 0 Å². The average Bonchev–Trinajstić information content (AvgIpc) is 3.21. The minimum Gasteiger partial charge on any atom is -0.343 e. The van der Waals surface area contributed by atoms with Crippen LogP contribution in [0, 0.1) is 5.82 Å². The molecule has 3 amide bonds. The van der Waals surface area contributed by atoms with Gasteiger partial charge in [0, 0.05) is 32.0 Å². The number of rotatable bonds is 5. The number of likely N-dealkylation sites (tertiary alicyclic amines) is 1. The maximum atomic E-state index is 13.9. The molecule has 0 spiro atoms. The molecule has 1 aliphatic heterocycles. The number of nitrogens with zero attached hydrogens (tertiary/aromatic N) is 2. The third kappa shape index (κ3) is 3.49. The number of benzene rings is 1. The monoisotopic (exact) mass is 374 g/mol. The van der Waals surface area contributed by atoms with Crippen LogP contribution in [0.2, 0.25) is 0 Å². The van der Waals surface area contributed by atoms with Crippen molar-refractivity contribution in [2.45, 2.75) is 69.9 Å². The lowest BCUT2D eigenvalue weighted by Gasteiger charge is -2.31. The summed E-state index contributed by atoms with van der Waals surface area (Å²) in [5.74, 6) is -1.30. The molecule has 2 fully saturated rings. The van der Waals surface area contributed by atoms with Crippen LogP contribution in [-0.4, -0.2) is 46.7 Å². The van der Waals surface area contributed by atoms with Gasteiger partial charge in [0.1, 0.15) is 5.82 Å². The summed E-state index contributed by atoms with van der Waals surface area (Å²) >= 11 is 0. The molecule has 0 radical (unpaired) electrons.